The van der Waals surface area contributed by atoms with Gasteiger partial charge in [-0.3, -0.25) is 4.79 Å². The van der Waals surface area contributed by atoms with Crippen LogP contribution in [-0.4, -0.2) is 11.4 Å². The molecular weight excluding hydrogens is 260 g/mol. The summed E-state index contributed by atoms with van der Waals surface area (Å²) in [6.45, 7) is 4.20. The molecule has 1 saturated carbocycles. The fourth-order valence-corrected chi connectivity index (χ4v) is 3.72. The van der Waals surface area contributed by atoms with Gasteiger partial charge in [0.2, 0.25) is 0 Å². The van der Waals surface area contributed by atoms with Crippen LogP contribution in [0.15, 0.2) is 18.2 Å². The molecule has 2 heteroatoms. The van der Waals surface area contributed by atoms with Gasteiger partial charge < -0.3 is 4.74 Å². The Bertz CT molecular complexity index is 522. The van der Waals surface area contributed by atoms with Crippen LogP contribution >= 0.6 is 0 Å². The van der Waals surface area contributed by atoms with Crippen molar-refractivity contribution >= 4 is 5.78 Å². The molecule has 0 N–H and O–H groups in total. The normalized spacial score (nSPS) is 22.0. The van der Waals surface area contributed by atoms with Crippen molar-refractivity contribution < 1.29 is 9.53 Å². The fourth-order valence-electron chi connectivity index (χ4n) is 3.72. The molecule has 0 radical (unpaired) electrons. The number of ketones is 1. The standard InChI is InChI=1S/C19H26O2/c1-19(2)13-16-12-15(10-11-17(16)21-19)18(20)14-8-6-4-3-5-7-9-14/h10-12,14H,3-9,13H2,1-2H3. The third-order valence-electron chi connectivity index (χ3n) is 4.82. The number of ether oxygens (including phenoxy) is 1. The van der Waals surface area contributed by atoms with Crippen LogP contribution in [0, 0.1) is 5.92 Å². The van der Waals surface area contributed by atoms with Crippen molar-refractivity contribution in [3.63, 3.8) is 0 Å². The largest absolute Gasteiger partial charge is 0.487 e. The summed E-state index contributed by atoms with van der Waals surface area (Å²) in [7, 11) is 0. The topological polar surface area (TPSA) is 26.3 Å². The van der Waals surface area contributed by atoms with Crippen LogP contribution in [0.5, 0.6) is 5.75 Å². The van der Waals surface area contributed by atoms with Gasteiger partial charge in [-0.2, -0.15) is 0 Å². The van der Waals surface area contributed by atoms with E-state index >= 15 is 0 Å². The van der Waals surface area contributed by atoms with E-state index in [4.69, 9.17) is 4.74 Å². The SMILES string of the molecule is CC1(C)Cc2cc(C(=O)C3CCCCCCC3)ccc2O1. The Morgan fingerprint density at radius 1 is 1.10 bits per heavy atom. The summed E-state index contributed by atoms with van der Waals surface area (Å²) in [4.78, 5) is 12.8. The zero-order chi connectivity index (χ0) is 14.9. The van der Waals surface area contributed by atoms with Gasteiger partial charge in [-0.1, -0.05) is 32.1 Å². The van der Waals surface area contributed by atoms with E-state index in [1.54, 1.807) is 0 Å². The lowest BCUT2D eigenvalue weighted by atomic mass is 9.85. The first-order valence-electron chi connectivity index (χ1n) is 8.41. The highest BCUT2D eigenvalue weighted by Gasteiger charge is 2.31. The molecule has 3 rings (SSSR count). The van der Waals surface area contributed by atoms with E-state index in [-0.39, 0.29) is 11.5 Å². The zero-order valence-electron chi connectivity index (χ0n) is 13.3. The van der Waals surface area contributed by atoms with Crippen LogP contribution in [0.4, 0.5) is 0 Å². The lowest BCUT2D eigenvalue weighted by molar-refractivity contribution is 0.0898. The molecule has 1 aliphatic heterocycles. The summed E-state index contributed by atoms with van der Waals surface area (Å²) in [5.74, 6) is 1.54. The number of hydrogen-bond acceptors (Lipinski definition) is 2. The summed E-state index contributed by atoms with van der Waals surface area (Å²) in [5.41, 5.74) is 1.95. The molecule has 0 spiro atoms. The van der Waals surface area contributed by atoms with E-state index in [2.05, 4.69) is 19.9 Å². The summed E-state index contributed by atoms with van der Waals surface area (Å²) >= 11 is 0. The van der Waals surface area contributed by atoms with E-state index in [9.17, 15) is 4.79 Å². The number of fused-ring (bicyclic) bond motifs is 1. The Balaban J connectivity index is 1.76. The van der Waals surface area contributed by atoms with Gasteiger partial charge >= 0.3 is 0 Å². The number of hydrogen-bond donors (Lipinski definition) is 0. The van der Waals surface area contributed by atoms with E-state index in [0.717, 1.165) is 30.6 Å². The maximum atomic E-state index is 12.8. The molecule has 1 aromatic carbocycles. The Hall–Kier alpha value is -1.31. The summed E-state index contributed by atoms with van der Waals surface area (Å²) < 4.78 is 5.90. The van der Waals surface area contributed by atoms with Crippen molar-refractivity contribution in [3.8, 4) is 5.75 Å². The molecule has 114 valence electrons. The minimum Gasteiger partial charge on any atom is -0.487 e. The molecule has 0 unspecified atom stereocenters. The van der Waals surface area contributed by atoms with Gasteiger partial charge in [0, 0.05) is 17.9 Å². The first kappa shape index (κ1) is 14.6. The maximum absolute atomic E-state index is 12.8. The molecule has 1 fully saturated rings. The predicted molar refractivity (Wildman–Crippen MR) is 85.0 cm³/mol. The smallest absolute Gasteiger partial charge is 0.165 e. The van der Waals surface area contributed by atoms with Gasteiger partial charge in [0.25, 0.3) is 0 Å². The summed E-state index contributed by atoms with van der Waals surface area (Å²) in [6, 6.07) is 6.02. The Morgan fingerprint density at radius 2 is 1.76 bits per heavy atom. The molecule has 1 heterocycles. The molecule has 1 aliphatic carbocycles. The highest BCUT2D eigenvalue weighted by atomic mass is 16.5. The third kappa shape index (κ3) is 3.30. The molecule has 0 atom stereocenters. The maximum Gasteiger partial charge on any atom is 0.165 e. The predicted octanol–water partition coefficient (Wildman–Crippen LogP) is 4.94. The number of carbonyl (C=O) groups excluding carboxylic acids is 1. The molecule has 1 aromatic rings. The molecule has 0 amide bonds. The summed E-state index contributed by atoms with van der Waals surface area (Å²) in [6.07, 6.45) is 9.36. The van der Waals surface area contributed by atoms with Gasteiger partial charge in [-0.05, 0) is 50.5 Å². The molecule has 2 aliphatic rings. The lowest BCUT2D eigenvalue weighted by Crippen LogP contribution is -2.24. The fraction of sp³-hybridized carbons (Fsp3) is 0.632. The van der Waals surface area contributed by atoms with Crippen molar-refractivity contribution in [2.24, 2.45) is 5.92 Å². The Labute approximate surface area is 127 Å². The second-order valence-electron chi connectivity index (χ2n) is 7.27. The van der Waals surface area contributed by atoms with E-state index in [0.29, 0.717) is 5.78 Å². The first-order chi connectivity index (χ1) is 10.1. The second-order valence-corrected chi connectivity index (χ2v) is 7.27. The average Bonchev–Trinajstić information content (AvgIpc) is 2.70. The first-order valence-corrected chi connectivity index (χ1v) is 8.41. The van der Waals surface area contributed by atoms with Crippen LogP contribution in [0.1, 0.15) is 74.7 Å². The molecule has 0 bridgehead atoms. The Morgan fingerprint density at radius 3 is 2.48 bits per heavy atom. The van der Waals surface area contributed by atoms with Gasteiger partial charge in [-0.15, -0.1) is 0 Å². The van der Waals surface area contributed by atoms with Gasteiger partial charge in [-0.25, -0.2) is 0 Å². The molecule has 21 heavy (non-hydrogen) atoms. The average molecular weight is 286 g/mol. The van der Waals surface area contributed by atoms with Crippen molar-refractivity contribution in [3.05, 3.63) is 29.3 Å². The number of Topliss-reactive ketones (excluding diaryl/α,β-unsaturated/α-hetero) is 1. The lowest BCUT2D eigenvalue weighted by Gasteiger charge is -2.18. The highest BCUT2D eigenvalue weighted by Crippen LogP contribution is 2.36. The van der Waals surface area contributed by atoms with Gasteiger partial charge in [0.1, 0.15) is 11.4 Å². The van der Waals surface area contributed by atoms with Crippen LogP contribution in [-0.2, 0) is 6.42 Å². The van der Waals surface area contributed by atoms with Crippen LogP contribution < -0.4 is 4.74 Å². The van der Waals surface area contributed by atoms with E-state index < -0.39 is 0 Å². The van der Waals surface area contributed by atoms with Gasteiger partial charge in [0.05, 0.1) is 0 Å². The van der Waals surface area contributed by atoms with E-state index in [1.807, 2.05) is 12.1 Å². The quantitative estimate of drug-likeness (QED) is 0.719. The van der Waals surface area contributed by atoms with Crippen LogP contribution in [0.25, 0.3) is 0 Å². The zero-order valence-corrected chi connectivity index (χ0v) is 13.3. The molecule has 0 aromatic heterocycles. The van der Waals surface area contributed by atoms with Gasteiger partial charge in [0.15, 0.2) is 5.78 Å². The minimum absolute atomic E-state index is 0.135. The second kappa shape index (κ2) is 5.82. The van der Waals surface area contributed by atoms with Crippen LogP contribution in [0.2, 0.25) is 0 Å². The molecule has 2 nitrogen and oxygen atoms in total. The monoisotopic (exact) mass is 286 g/mol. The minimum atomic E-state index is -0.135. The van der Waals surface area contributed by atoms with Crippen LogP contribution in [0.3, 0.4) is 0 Å². The summed E-state index contributed by atoms with van der Waals surface area (Å²) in [5, 5.41) is 0. The third-order valence-corrected chi connectivity index (χ3v) is 4.82. The molecule has 0 saturated heterocycles. The molecular formula is C19H26O2. The highest BCUT2D eigenvalue weighted by molar-refractivity contribution is 5.98. The Kier molecular flexibility index (Phi) is 4.05. The van der Waals surface area contributed by atoms with Crippen molar-refractivity contribution in [2.45, 2.75) is 70.8 Å². The number of carbonyl (C=O) groups is 1. The van der Waals surface area contributed by atoms with E-state index in [1.165, 1.54) is 37.7 Å². The van der Waals surface area contributed by atoms with Crippen molar-refractivity contribution in [1.29, 1.82) is 0 Å². The number of benzene rings is 1. The van der Waals surface area contributed by atoms with Crippen molar-refractivity contribution in [2.75, 3.05) is 0 Å². The van der Waals surface area contributed by atoms with Crippen molar-refractivity contribution in [1.82, 2.24) is 0 Å². The number of rotatable bonds is 2.